The van der Waals surface area contributed by atoms with Crippen molar-refractivity contribution in [3.05, 3.63) is 35.6 Å². The summed E-state index contributed by atoms with van der Waals surface area (Å²) in [6.07, 6.45) is -4.58. The van der Waals surface area contributed by atoms with Gasteiger partial charge in [0.15, 0.2) is 0 Å². The fraction of sp³-hybridized carbons (Fsp3) is 0.462. The molecule has 0 heterocycles. The number of halogens is 4. The number of carbonyl (C=O) groups excluding carboxylic acids is 1. The Balaban J connectivity index is 2.23. The van der Waals surface area contributed by atoms with Crippen molar-refractivity contribution in [1.82, 2.24) is 4.90 Å². The summed E-state index contributed by atoms with van der Waals surface area (Å²) < 4.78 is 51.8. The van der Waals surface area contributed by atoms with Crippen LogP contribution in [-0.4, -0.2) is 22.5 Å². The summed E-state index contributed by atoms with van der Waals surface area (Å²) in [4.78, 5) is 12.3. The Hall–Kier alpha value is -1.59. The molecule has 0 spiro atoms. The van der Waals surface area contributed by atoms with Crippen LogP contribution in [0.5, 0.6) is 0 Å². The fourth-order valence-corrected chi connectivity index (χ4v) is 2.16. The van der Waals surface area contributed by atoms with Gasteiger partial charge in [-0.2, -0.15) is 13.2 Å². The summed E-state index contributed by atoms with van der Waals surface area (Å²) in [6, 6.07) is 5.11. The molecule has 0 saturated heterocycles. The summed E-state index contributed by atoms with van der Waals surface area (Å²) in [6.45, 7) is 0.963. The minimum absolute atomic E-state index is 0.0721. The maximum absolute atomic E-state index is 13.0. The van der Waals surface area contributed by atoms with Crippen LogP contribution < -0.4 is 0 Å². The second kappa shape index (κ2) is 4.51. The summed E-state index contributed by atoms with van der Waals surface area (Å²) in [5.41, 5.74) is -1.56. The molecule has 0 unspecified atom stereocenters. The third-order valence-corrected chi connectivity index (χ3v) is 3.40. The lowest BCUT2D eigenvalue weighted by atomic mass is 10.1. The maximum Gasteiger partial charge on any atom is 0.411 e. The second-order valence-corrected chi connectivity index (χ2v) is 4.76. The molecule has 1 aromatic carbocycles. The lowest BCUT2D eigenvalue weighted by molar-refractivity contribution is -0.201. The summed E-state index contributed by atoms with van der Waals surface area (Å²) in [5, 5.41) is 0. The molecule has 104 valence electrons. The quantitative estimate of drug-likeness (QED) is 0.775. The van der Waals surface area contributed by atoms with Crippen molar-refractivity contribution >= 4 is 5.91 Å². The van der Waals surface area contributed by atoms with Crippen LogP contribution in [0.1, 0.15) is 25.3 Å². The van der Waals surface area contributed by atoms with Crippen molar-refractivity contribution in [1.29, 1.82) is 0 Å². The van der Waals surface area contributed by atoms with Crippen molar-refractivity contribution in [2.45, 2.75) is 38.0 Å². The van der Waals surface area contributed by atoms with Crippen LogP contribution >= 0.6 is 0 Å². The van der Waals surface area contributed by atoms with E-state index in [2.05, 4.69) is 0 Å². The molecule has 2 nitrogen and oxygen atoms in total. The monoisotopic (exact) mass is 275 g/mol. The van der Waals surface area contributed by atoms with Crippen LogP contribution in [0, 0.1) is 5.82 Å². The van der Waals surface area contributed by atoms with Gasteiger partial charge in [0.25, 0.3) is 0 Å². The average Bonchev–Trinajstić information content (AvgIpc) is 3.08. The molecule has 2 rings (SSSR count). The number of amides is 1. The first-order chi connectivity index (χ1) is 8.76. The molecule has 0 N–H and O–H groups in total. The van der Waals surface area contributed by atoms with Gasteiger partial charge in [0.1, 0.15) is 11.4 Å². The highest BCUT2D eigenvalue weighted by atomic mass is 19.4. The molecule has 0 atom stereocenters. The molecule has 6 heteroatoms. The number of nitrogens with zero attached hydrogens (tertiary/aromatic N) is 1. The molecular weight excluding hydrogens is 262 g/mol. The number of benzene rings is 1. The van der Waals surface area contributed by atoms with E-state index in [0.717, 1.165) is 11.8 Å². The predicted molar refractivity (Wildman–Crippen MR) is 60.6 cm³/mol. The van der Waals surface area contributed by atoms with Gasteiger partial charge >= 0.3 is 6.18 Å². The Labute approximate surface area is 108 Å². The highest BCUT2D eigenvalue weighted by Crippen LogP contribution is 2.54. The van der Waals surface area contributed by atoms with Crippen LogP contribution in [-0.2, 0) is 11.3 Å². The van der Waals surface area contributed by atoms with Gasteiger partial charge in [-0.3, -0.25) is 4.79 Å². The second-order valence-electron chi connectivity index (χ2n) is 4.76. The summed E-state index contributed by atoms with van der Waals surface area (Å²) >= 11 is 0. The van der Waals surface area contributed by atoms with Crippen LogP contribution in [0.4, 0.5) is 17.6 Å². The molecule has 0 aromatic heterocycles. The highest BCUT2D eigenvalue weighted by Gasteiger charge is 2.67. The van der Waals surface area contributed by atoms with Crippen LogP contribution in [0.3, 0.4) is 0 Å². The first-order valence-corrected chi connectivity index (χ1v) is 5.86. The first kappa shape index (κ1) is 13.8. The number of hydrogen-bond donors (Lipinski definition) is 0. The van der Waals surface area contributed by atoms with Gasteiger partial charge < -0.3 is 4.90 Å². The topological polar surface area (TPSA) is 20.3 Å². The van der Waals surface area contributed by atoms with E-state index in [1.807, 2.05) is 0 Å². The zero-order chi connectivity index (χ0) is 14.3. The molecule has 1 aromatic rings. The van der Waals surface area contributed by atoms with E-state index in [1.165, 1.54) is 24.3 Å². The first-order valence-electron chi connectivity index (χ1n) is 5.86. The van der Waals surface area contributed by atoms with Gasteiger partial charge in [0.05, 0.1) is 0 Å². The van der Waals surface area contributed by atoms with Crippen LogP contribution in [0.15, 0.2) is 24.3 Å². The molecule has 1 fully saturated rings. The van der Waals surface area contributed by atoms with Gasteiger partial charge in [0.2, 0.25) is 5.91 Å². The van der Waals surface area contributed by atoms with Crippen molar-refractivity contribution < 1.29 is 22.4 Å². The third kappa shape index (κ3) is 2.57. The number of carbonyl (C=O) groups is 1. The molecule has 19 heavy (non-hydrogen) atoms. The Kier molecular flexibility index (Phi) is 3.28. The molecule has 0 bridgehead atoms. The van der Waals surface area contributed by atoms with Gasteiger partial charge in [-0.25, -0.2) is 4.39 Å². The molecule has 0 radical (unpaired) electrons. The van der Waals surface area contributed by atoms with Crippen molar-refractivity contribution in [2.24, 2.45) is 0 Å². The fourth-order valence-electron chi connectivity index (χ4n) is 2.16. The van der Waals surface area contributed by atoms with Gasteiger partial charge in [0, 0.05) is 13.5 Å². The molecule has 0 aliphatic heterocycles. The molecule has 1 saturated carbocycles. The molecule has 1 amide bonds. The molecule has 1 aliphatic carbocycles. The zero-order valence-electron chi connectivity index (χ0n) is 10.3. The van der Waals surface area contributed by atoms with E-state index in [-0.39, 0.29) is 19.4 Å². The number of alkyl halides is 3. The maximum atomic E-state index is 13.0. The van der Waals surface area contributed by atoms with E-state index in [0.29, 0.717) is 5.56 Å². The van der Waals surface area contributed by atoms with E-state index in [9.17, 15) is 22.4 Å². The smallest absolute Gasteiger partial charge is 0.324 e. The predicted octanol–water partition coefficient (Wildman–Crippen LogP) is 3.27. The van der Waals surface area contributed by atoms with Crippen molar-refractivity contribution in [3.8, 4) is 0 Å². The van der Waals surface area contributed by atoms with E-state index in [4.69, 9.17) is 0 Å². The Bertz CT molecular complexity index is 476. The minimum Gasteiger partial charge on any atom is -0.324 e. The van der Waals surface area contributed by atoms with Crippen LogP contribution in [0.2, 0.25) is 0 Å². The van der Waals surface area contributed by atoms with Crippen molar-refractivity contribution in [2.75, 3.05) is 0 Å². The molecule has 1 aliphatic rings. The largest absolute Gasteiger partial charge is 0.411 e. The van der Waals surface area contributed by atoms with Crippen molar-refractivity contribution in [3.63, 3.8) is 0 Å². The number of hydrogen-bond acceptors (Lipinski definition) is 1. The SMILES string of the molecule is CC(=O)N(Cc1ccc(F)cc1)C1(C(F)(F)F)CC1. The minimum atomic E-state index is -4.43. The average molecular weight is 275 g/mol. The highest BCUT2D eigenvalue weighted by molar-refractivity contribution is 5.75. The lowest BCUT2D eigenvalue weighted by Gasteiger charge is -2.32. The Morgan fingerprint density at radius 3 is 2.16 bits per heavy atom. The summed E-state index contributed by atoms with van der Waals surface area (Å²) in [7, 11) is 0. The van der Waals surface area contributed by atoms with Crippen LogP contribution in [0.25, 0.3) is 0 Å². The Morgan fingerprint density at radius 1 is 1.26 bits per heavy atom. The summed E-state index contributed by atoms with van der Waals surface area (Å²) in [5.74, 6) is -1.09. The normalized spacial score (nSPS) is 17.1. The molecular formula is C13H13F4NO. The Morgan fingerprint density at radius 2 is 1.79 bits per heavy atom. The van der Waals surface area contributed by atoms with E-state index in [1.54, 1.807) is 0 Å². The zero-order valence-corrected chi connectivity index (χ0v) is 10.3. The number of rotatable bonds is 3. The lowest BCUT2D eigenvalue weighted by Crippen LogP contribution is -2.50. The van der Waals surface area contributed by atoms with Gasteiger partial charge in [-0.15, -0.1) is 0 Å². The van der Waals surface area contributed by atoms with E-state index < -0.39 is 23.4 Å². The van der Waals surface area contributed by atoms with Gasteiger partial charge in [-0.05, 0) is 30.5 Å². The third-order valence-electron chi connectivity index (χ3n) is 3.40. The van der Waals surface area contributed by atoms with E-state index >= 15 is 0 Å². The standard InChI is InChI=1S/C13H13F4NO/c1-9(19)18(12(6-7-12)13(15,16)17)8-10-2-4-11(14)5-3-10/h2-5H,6-8H2,1H3. The van der Waals surface area contributed by atoms with Gasteiger partial charge in [-0.1, -0.05) is 12.1 Å².